The Hall–Kier alpha value is 0.660. The fourth-order valence-corrected chi connectivity index (χ4v) is 1.96. The summed E-state index contributed by atoms with van der Waals surface area (Å²) in [5.74, 6) is 3.01. The van der Waals surface area contributed by atoms with Crippen molar-refractivity contribution in [3.63, 3.8) is 0 Å². The zero-order valence-corrected chi connectivity index (χ0v) is 10.1. The second-order valence-electron chi connectivity index (χ2n) is 3.21. The quantitative estimate of drug-likeness (QED) is 0.638. The topological polar surface area (TPSA) is 3.24 Å². The maximum atomic E-state index is 4.33. The SMILES string of the molecule is CCC(CS)CN(C)CCSC. The van der Waals surface area contributed by atoms with Crippen LogP contribution in [0.1, 0.15) is 13.3 Å². The molecule has 1 nitrogen and oxygen atoms in total. The maximum Gasteiger partial charge on any atom is 0.00693 e. The zero-order valence-electron chi connectivity index (χ0n) is 8.42. The molecule has 0 spiro atoms. The van der Waals surface area contributed by atoms with Crippen LogP contribution in [0.4, 0.5) is 0 Å². The van der Waals surface area contributed by atoms with E-state index >= 15 is 0 Å². The smallest absolute Gasteiger partial charge is 0.00693 e. The molecule has 0 saturated heterocycles. The lowest BCUT2D eigenvalue weighted by atomic mass is 10.1. The Morgan fingerprint density at radius 3 is 2.58 bits per heavy atom. The molecule has 3 heteroatoms. The minimum absolute atomic E-state index is 0.764. The van der Waals surface area contributed by atoms with E-state index in [2.05, 4.69) is 37.8 Å². The Morgan fingerprint density at radius 1 is 1.50 bits per heavy atom. The summed E-state index contributed by atoms with van der Waals surface area (Å²) in [6.07, 6.45) is 3.40. The van der Waals surface area contributed by atoms with Crippen molar-refractivity contribution < 1.29 is 0 Å². The second-order valence-corrected chi connectivity index (χ2v) is 4.56. The number of thioether (sulfide) groups is 1. The van der Waals surface area contributed by atoms with E-state index in [1.807, 2.05) is 11.8 Å². The molecule has 74 valence electrons. The molecule has 0 aromatic heterocycles. The highest BCUT2D eigenvalue weighted by Crippen LogP contribution is 2.06. The molecular weight excluding hydrogens is 186 g/mol. The van der Waals surface area contributed by atoms with Gasteiger partial charge in [-0.05, 0) is 25.0 Å². The van der Waals surface area contributed by atoms with Crippen molar-refractivity contribution in [1.82, 2.24) is 4.90 Å². The van der Waals surface area contributed by atoms with Crippen LogP contribution in [0.15, 0.2) is 0 Å². The van der Waals surface area contributed by atoms with E-state index in [0.717, 1.165) is 11.7 Å². The third-order valence-electron chi connectivity index (χ3n) is 2.08. The molecule has 0 aliphatic rings. The first kappa shape index (κ1) is 12.7. The van der Waals surface area contributed by atoms with Crippen molar-refractivity contribution in [1.29, 1.82) is 0 Å². The highest BCUT2D eigenvalue weighted by molar-refractivity contribution is 7.98. The van der Waals surface area contributed by atoms with Gasteiger partial charge in [0.2, 0.25) is 0 Å². The Balaban J connectivity index is 3.44. The Kier molecular flexibility index (Phi) is 8.72. The van der Waals surface area contributed by atoms with Gasteiger partial charge in [0, 0.05) is 18.8 Å². The van der Waals surface area contributed by atoms with Gasteiger partial charge in [0.05, 0.1) is 0 Å². The van der Waals surface area contributed by atoms with Crippen molar-refractivity contribution in [2.24, 2.45) is 5.92 Å². The van der Waals surface area contributed by atoms with Crippen molar-refractivity contribution in [3.05, 3.63) is 0 Å². The highest BCUT2D eigenvalue weighted by Gasteiger charge is 2.06. The van der Waals surface area contributed by atoms with Crippen LogP contribution in [-0.2, 0) is 0 Å². The van der Waals surface area contributed by atoms with Crippen LogP contribution in [0.5, 0.6) is 0 Å². The van der Waals surface area contributed by atoms with Gasteiger partial charge in [-0.15, -0.1) is 0 Å². The molecule has 12 heavy (non-hydrogen) atoms. The third-order valence-corrected chi connectivity index (χ3v) is 3.19. The molecule has 0 aromatic carbocycles. The summed E-state index contributed by atoms with van der Waals surface area (Å²) >= 11 is 6.24. The summed E-state index contributed by atoms with van der Waals surface area (Å²) in [5.41, 5.74) is 0. The van der Waals surface area contributed by atoms with Gasteiger partial charge < -0.3 is 4.90 Å². The van der Waals surface area contributed by atoms with Gasteiger partial charge in [0.15, 0.2) is 0 Å². The van der Waals surface area contributed by atoms with Crippen LogP contribution in [0.25, 0.3) is 0 Å². The predicted octanol–water partition coefficient (Wildman–Crippen LogP) is 2.24. The third kappa shape index (κ3) is 6.21. The van der Waals surface area contributed by atoms with Gasteiger partial charge in [-0.1, -0.05) is 13.3 Å². The number of hydrogen-bond acceptors (Lipinski definition) is 3. The van der Waals surface area contributed by atoms with E-state index in [0.29, 0.717) is 0 Å². The van der Waals surface area contributed by atoms with Gasteiger partial charge in [0.1, 0.15) is 0 Å². The standard InChI is InChI=1S/C9H21NS2/c1-4-9(8-11)7-10(2)5-6-12-3/h9,11H,4-8H2,1-3H3. The minimum atomic E-state index is 0.764. The summed E-state index contributed by atoms with van der Waals surface area (Å²) < 4.78 is 0. The van der Waals surface area contributed by atoms with E-state index < -0.39 is 0 Å². The molecule has 1 atom stereocenters. The van der Waals surface area contributed by atoms with Crippen LogP contribution in [0.2, 0.25) is 0 Å². The molecule has 0 aliphatic heterocycles. The number of rotatable bonds is 7. The lowest BCUT2D eigenvalue weighted by Crippen LogP contribution is -2.28. The Morgan fingerprint density at radius 2 is 2.17 bits per heavy atom. The summed E-state index contributed by atoms with van der Waals surface area (Å²) in [7, 11) is 2.20. The normalized spacial score (nSPS) is 13.8. The van der Waals surface area contributed by atoms with Gasteiger partial charge in [-0.3, -0.25) is 0 Å². The van der Waals surface area contributed by atoms with Crippen molar-refractivity contribution >= 4 is 24.4 Å². The molecule has 0 bridgehead atoms. The number of hydrogen-bond donors (Lipinski definition) is 1. The summed E-state index contributed by atoms with van der Waals surface area (Å²) in [4.78, 5) is 2.40. The Bertz CT molecular complexity index is 94.5. The first-order valence-corrected chi connectivity index (χ1v) is 6.55. The van der Waals surface area contributed by atoms with Crippen LogP contribution in [0, 0.1) is 5.92 Å². The average molecular weight is 207 g/mol. The van der Waals surface area contributed by atoms with E-state index in [-0.39, 0.29) is 0 Å². The van der Waals surface area contributed by atoms with E-state index in [4.69, 9.17) is 0 Å². The molecule has 0 radical (unpaired) electrons. The van der Waals surface area contributed by atoms with Gasteiger partial charge in [-0.2, -0.15) is 24.4 Å². The van der Waals surface area contributed by atoms with E-state index in [9.17, 15) is 0 Å². The molecule has 0 heterocycles. The molecule has 0 amide bonds. The van der Waals surface area contributed by atoms with Crippen LogP contribution in [0.3, 0.4) is 0 Å². The molecule has 0 fully saturated rings. The molecule has 0 rings (SSSR count). The first-order chi connectivity index (χ1) is 5.74. The molecule has 0 aliphatic carbocycles. The zero-order chi connectivity index (χ0) is 9.40. The fourth-order valence-electron chi connectivity index (χ4n) is 1.10. The largest absolute Gasteiger partial charge is 0.305 e. The summed E-state index contributed by atoms with van der Waals surface area (Å²) in [6.45, 7) is 4.63. The van der Waals surface area contributed by atoms with Gasteiger partial charge >= 0.3 is 0 Å². The van der Waals surface area contributed by atoms with Crippen LogP contribution >= 0.6 is 24.4 Å². The average Bonchev–Trinajstić information content (AvgIpc) is 2.10. The van der Waals surface area contributed by atoms with Crippen molar-refractivity contribution in [2.75, 3.05) is 37.9 Å². The van der Waals surface area contributed by atoms with Crippen molar-refractivity contribution in [3.8, 4) is 0 Å². The maximum absolute atomic E-state index is 4.33. The summed E-state index contributed by atoms with van der Waals surface area (Å²) in [6, 6.07) is 0. The fraction of sp³-hybridized carbons (Fsp3) is 1.00. The van der Waals surface area contributed by atoms with Crippen LogP contribution in [-0.4, -0.2) is 42.8 Å². The molecule has 1 unspecified atom stereocenters. The van der Waals surface area contributed by atoms with Gasteiger partial charge in [0.25, 0.3) is 0 Å². The first-order valence-electron chi connectivity index (χ1n) is 4.52. The number of thiol groups is 1. The second kappa shape index (κ2) is 8.27. The lowest BCUT2D eigenvalue weighted by Gasteiger charge is -2.21. The monoisotopic (exact) mass is 207 g/mol. The molecule has 0 N–H and O–H groups in total. The Labute approximate surface area is 86.7 Å². The number of nitrogens with zero attached hydrogens (tertiary/aromatic N) is 1. The van der Waals surface area contributed by atoms with Gasteiger partial charge in [-0.25, -0.2) is 0 Å². The summed E-state index contributed by atoms with van der Waals surface area (Å²) in [5, 5.41) is 0. The minimum Gasteiger partial charge on any atom is -0.305 e. The predicted molar refractivity (Wildman–Crippen MR) is 63.5 cm³/mol. The van der Waals surface area contributed by atoms with E-state index in [1.54, 1.807) is 0 Å². The van der Waals surface area contributed by atoms with Crippen LogP contribution < -0.4 is 0 Å². The molecular formula is C9H21NS2. The van der Waals surface area contributed by atoms with Crippen molar-refractivity contribution in [2.45, 2.75) is 13.3 Å². The van der Waals surface area contributed by atoms with E-state index in [1.165, 1.54) is 25.3 Å². The lowest BCUT2D eigenvalue weighted by molar-refractivity contribution is 0.300. The molecule has 0 aromatic rings. The highest BCUT2D eigenvalue weighted by atomic mass is 32.2. The molecule has 0 saturated carbocycles.